The monoisotopic (exact) mass is 230 g/mol. The molecule has 2 aliphatic rings. The van der Waals surface area contributed by atoms with Gasteiger partial charge in [0.05, 0.1) is 0 Å². The Hall–Kier alpha value is -0.860. The molecular weight excluding hydrogens is 208 g/mol. The summed E-state index contributed by atoms with van der Waals surface area (Å²) in [7, 11) is 0. The number of aryl methyl sites for hydroxylation is 1. The van der Waals surface area contributed by atoms with Crippen LogP contribution in [0.25, 0.3) is 0 Å². The molecule has 1 heterocycles. The van der Waals surface area contributed by atoms with E-state index in [4.69, 9.17) is 5.73 Å². The minimum atomic E-state index is 0.381. The Morgan fingerprint density at radius 1 is 1.18 bits per heavy atom. The normalized spacial score (nSPS) is 24.9. The third-order valence-corrected chi connectivity index (χ3v) is 4.14. The van der Waals surface area contributed by atoms with E-state index in [1.54, 1.807) is 5.56 Å². The summed E-state index contributed by atoms with van der Waals surface area (Å²) in [6, 6.07) is 7.40. The van der Waals surface area contributed by atoms with Crippen molar-refractivity contribution in [1.29, 1.82) is 0 Å². The van der Waals surface area contributed by atoms with Crippen LogP contribution in [0.3, 0.4) is 0 Å². The smallest absolute Gasteiger partial charge is 0.0233 e. The Kier molecular flexibility index (Phi) is 3.17. The molecule has 1 saturated heterocycles. The van der Waals surface area contributed by atoms with Crippen molar-refractivity contribution in [2.75, 3.05) is 13.1 Å². The molecule has 0 bridgehead atoms. The number of benzene rings is 1. The molecule has 1 fully saturated rings. The maximum Gasteiger partial charge on any atom is 0.0233 e. The summed E-state index contributed by atoms with van der Waals surface area (Å²) in [6.07, 6.45) is 6.14. The van der Waals surface area contributed by atoms with E-state index in [-0.39, 0.29) is 0 Å². The first-order valence-corrected chi connectivity index (χ1v) is 6.90. The molecule has 1 aliphatic carbocycles. The van der Waals surface area contributed by atoms with Gasteiger partial charge in [0.25, 0.3) is 0 Å². The fraction of sp³-hybridized carbons (Fsp3) is 0.600. The van der Waals surface area contributed by atoms with Crippen molar-refractivity contribution in [1.82, 2.24) is 4.90 Å². The third-order valence-electron chi connectivity index (χ3n) is 4.14. The van der Waals surface area contributed by atoms with Crippen LogP contribution in [-0.4, -0.2) is 24.0 Å². The molecule has 2 N–H and O–H groups in total. The fourth-order valence-electron chi connectivity index (χ4n) is 3.13. The van der Waals surface area contributed by atoms with Gasteiger partial charge in [-0.05, 0) is 61.9 Å². The van der Waals surface area contributed by atoms with Gasteiger partial charge in [0.15, 0.2) is 0 Å². The lowest BCUT2D eigenvalue weighted by Crippen LogP contribution is -2.28. The highest BCUT2D eigenvalue weighted by Gasteiger charge is 2.17. The first-order valence-electron chi connectivity index (χ1n) is 6.90. The average molecular weight is 230 g/mol. The van der Waals surface area contributed by atoms with Gasteiger partial charge in [-0.25, -0.2) is 0 Å². The van der Waals surface area contributed by atoms with Gasteiger partial charge in [-0.2, -0.15) is 0 Å². The standard InChI is InChI=1S/C15H22N2/c16-15-6-5-13-9-12(3-4-14(13)10-15)11-17-7-1-2-8-17/h3-4,9,15H,1-2,5-8,10-11,16H2. The zero-order valence-electron chi connectivity index (χ0n) is 10.5. The highest BCUT2D eigenvalue weighted by Crippen LogP contribution is 2.23. The van der Waals surface area contributed by atoms with Crippen molar-refractivity contribution < 1.29 is 0 Å². The second-order valence-corrected chi connectivity index (χ2v) is 5.59. The highest BCUT2D eigenvalue weighted by atomic mass is 15.1. The number of nitrogens with zero attached hydrogens (tertiary/aromatic N) is 1. The summed E-state index contributed by atoms with van der Waals surface area (Å²) in [4.78, 5) is 2.57. The van der Waals surface area contributed by atoms with Crippen LogP contribution < -0.4 is 5.73 Å². The van der Waals surface area contributed by atoms with Crippen LogP contribution in [0.2, 0.25) is 0 Å². The van der Waals surface area contributed by atoms with Gasteiger partial charge in [-0.3, -0.25) is 4.90 Å². The fourth-order valence-corrected chi connectivity index (χ4v) is 3.13. The molecule has 1 aromatic carbocycles. The Balaban J connectivity index is 1.74. The van der Waals surface area contributed by atoms with Gasteiger partial charge < -0.3 is 5.73 Å². The Labute approximate surface area is 104 Å². The van der Waals surface area contributed by atoms with Crippen molar-refractivity contribution in [2.45, 2.75) is 44.7 Å². The first kappa shape index (κ1) is 11.2. The molecule has 0 aromatic heterocycles. The SMILES string of the molecule is NC1CCc2cc(CN3CCCC3)ccc2C1. The van der Waals surface area contributed by atoms with Crippen molar-refractivity contribution in [3.8, 4) is 0 Å². The number of rotatable bonds is 2. The molecule has 3 rings (SSSR count). The molecule has 2 nitrogen and oxygen atoms in total. The van der Waals surface area contributed by atoms with E-state index in [2.05, 4.69) is 23.1 Å². The average Bonchev–Trinajstić information content (AvgIpc) is 2.82. The van der Waals surface area contributed by atoms with Crippen molar-refractivity contribution >= 4 is 0 Å². The van der Waals surface area contributed by atoms with Crippen LogP contribution in [-0.2, 0) is 19.4 Å². The largest absolute Gasteiger partial charge is 0.327 e. The van der Waals surface area contributed by atoms with E-state index < -0.39 is 0 Å². The van der Waals surface area contributed by atoms with Crippen LogP contribution in [0.5, 0.6) is 0 Å². The van der Waals surface area contributed by atoms with Crippen LogP contribution >= 0.6 is 0 Å². The van der Waals surface area contributed by atoms with E-state index in [9.17, 15) is 0 Å². The molecule has 0 saturated carbocycles. The molecule has 1 atom stereocenters. The van der Waals surface area contributed by atoms with Gasteiger partial charge in [0.2, 0.25) is 0 Å². The van der Waals surface area contributed by atoms with Crippen molar-refractivity contribution in [3.63, 3.8) is 0 Å². The maximum absolute atomic E-state index is 6.01. The third kappa shape index (κ3) is 2.53. The van der Waals surface area contributed by atoms with E-state index >= 15 is 0 Å². The number of nitrogens with two attached hydrogens (primary N) is 1. The molecule has 0 radical (unpaired) electrons. The predicted octanol–water partition coefficient (Wildman–Crippen LogP) is 2.10. The molecule has 0 spiro atoms. The zero-order chi connectivity index (χ0) is 11.7. The molecule has 17 heavy (non-hydrogen) atoms. The highest BCUT2D eigenvalue weighted by molar-refractivity contribution is 5.34. The summed E-state index contributed by atoms with van der Waals surface area (Å²) >= 11 is 0. The number of fused-ring (bicyclic) bond motifs is 1. The Morgan fingerprint density at radius 3 is 2.82 bits per heavy atom. The molecule has 2 heteroatoms. The van der Waals surface area contributed by atoms with E-state index in [1.807, 2.05) is 0 Å². The molecule has 1 aromatic rings. The van der Waals surface area contributed by atoms with Crippen LogP contribution in [0, 0.1) is 0 Å². The molecule has 1 unspecified atom stereocenters. The number of likely N-dealkylation sites (tertiary alicyclic amines) is 1. The molecule has 1 aliphatic heterocycles. The summed E-state index contributed by atoms with van der Waals surface area (Å²) in [5.74, 6) is 0. The zero-order valence-corrected chi connectivity index (χ0v) is 10.5. The van der Waals surface area contributed by atoms with Crippen molar-refractivity contribution in [2.24, 2.45) is 5.73 Å². The van der Waals surface area contributed by atoms with E-state index in [0.717, 1.165) is 19.4 Å². The summed E-state index contributed by atoms with van der Waals surface area (Å²) in [6.45, 7) is 3.70. The summed E-state index contributed by atoms with van der Waals surface area (Å²) in [5.41, 5.74) is 10.5. The first-order chi connectivity index (χ1) is 8.31. The lowest BCUT2D eigenvalue weighted by atomic mass is 9.87. The summed E-state index contributed by atoms with van der Waals surface area (Å²) in [5, 5.41) is 0. The topological polar surface area (TPSA) is 29.3 Å². The van der Waals surface area contributed by atoms with E-state index in [1.165, 1.54) is 43.5 Å². The van der Waals surface area contributed by atoms with E-state index in [0.29, 0.717) is 6.04 Å². The molecule has 92 valence electrons. The number of hydrogen-bond acceptors (Lipinski definition) is 2. The minimum absolute atomic E-state index is 0.381. The molecule has 0 amide bonds. The lowest BCUT2D eigenvalue weighted by Gasteiger charge is -2.23. The van der Waals surface area contributed by atoms with Gasteiger partial charge in [-0.15, -0.1) is 0 Å². The van der Waals surface area contributed by atoms with Gasteiger partial charge in [-0.1, -0.05) is 18.2 Å². The Bertz CT molecular complexity index is 394. The minimum Gasteiger partial charge on any atom is -0.327 e. The second kappa shape index (κ2) is 4.79. The molecular formula is C15H22N2. The van der Waals surface area contributed by atoms with Gasteiger partial charge in [0, 0.05) is 12.6 Å². The van der Waals surface area contributed by atoms with Gasteiger partial charge in [0.1, 0.15) is 0 Å². The van der Waals surface area contributed by atoms with Crippen LogP contribution in [0.1, 0.15) is 36.0 Å². The summed E-state index contributed by atoms with van der Waals surface area (Å²) < 4.78 is 0. The quantitative estimate of drug-likeness (QED) is 0.843. The maximum atomic E-state index is 6.01. The van der Waals surface area contributed by atoms with Crippen molar-refractivity contribution in [3.05, 3.63) is 34.9 Å². The lowest BCUT2D eigenvalue weighted by molar-refractivity contribution is 0.331. The second-order valence-electron chi connectivity index (χ2n) is 5.59. The number of hydrogen-bond donors (Lipinski definition) is 1. The predicted molar refractivity (Wildman–Crippen MR) is 71.0 cm³/mol. The Morgan fingerprint density at radius 2 is 2.00 bits per heavy atom. The van der Waals surface area contributed by atoms with Crippen LogP contribution in [0.15, 0.2) is 18.2 Å². The van der Waals surface area contributed by atoms with Gasteiger partial charge >= 0.3 is 0 Å². The van der Waals surface area contributed by atoms with Crippen LogP contribution in [0.4, 0.5) is 0 Å².